The van der Waals surface area contributed by atoms with Gasteiger partial charge in [0.05, 0.1) is 0 Å². The van der Waals surface area contributed by atoms with Crippen LogP contribution in [0.5, 0.6) is 0 Å². The molecule has 0 saturated heterocycles. The minimum Gasteiger partial charge on any atom is -0.303 e. The standard InChI is InChI=1S/C18H30O/c1-2-3-4-5-6-7-8-9-10-11-12-13-14-15-16-17-18-19/h3-4,6-7,9-10,18H,2,5,8,11-17H2,1H3/b4-3?,7-6?,10-9+. The lowest BCUT2D eigenvalue weighted by Crippen LogP contribution is -1.80. The van der Waals surface area contributed by atoms with Gasteiger partial charge in [-0.25, -0.2) is 0 Å². The lowest BCUT2D eigenvalue weighted by atomic mass is 10.1. The van der Waals surface area contributed by atoms with Crippen molar-refractivity contribution in [2.45, 2.75) is 71.1 Å². The SMILES string of the molecule is CCC=CCC=CC/C=C/CCCCCCCC=O. The Hall–Kier alpha value is -1.11. The van der Waals surface area contributed by atoms with Crippen LogP contribution in [0.15, 0.2) is 36.5 Å². The minimum absolute atomic E-state index is 0.736. The lowest BCUT2D eigenvalue weighted by Gasteiger charge is -1.97. The molecule has 0 rings (SSSR count). The van der Waals surface area contributed by atoms with E-state index in [-0.39, 0.29) is 0 Å². The third-order valence-electron chi connectivity index (χ3n) is 2.97. The van der Waals surface area contributed by atoms with Crippen LogP contribution < -0.4 is 0 Å². The molecule has 0 amide bonds. The number of carbonyl (C=O) groups excluding carboxylic acids is 1. The highest BCUT2D eigenvalue weighted by Crippen LogP contribution is 2.07. The Kier molecular flexibility index (Phi) is 15.9. The summed E-state index contributed by atoms with van der Waals surface area (Å²) in [5.41, 5.74) is 0. The summed E-state index contributed by atoms with van der Waals surface area (Å²) in [6.07, 6.45) is 25.7. The highest BCUT2D eigenvalue weighted by Gasteiger charge is 1.89. The molecule has 0 N–H and O–H groups in total. The second-order valence-electron chi connectivity index (χ2n) is 4.81. The van der Waals surface area contributed by atoms with E-state index in [1.165, 1.54) is 32.1 Å². The topological polar surface area (TPSA) is 17.1 Å². The first-order chi connectivity index (χ1) is 9.41. The van der Waals surface area contributed by atoms with E-state index in [4.69, 9.17) is 0 Å². The molecule has 0 aromatic carbocycles. The average molecular weight is 262 g/mol. The van der Waals surface area contributed by atoms with Crippen molar-refractivity contribution in [2.75, 3.05) is 0 Å². The van der Waals surface area contributed by atoms with Gasteiger partial charge in [0.2, 0.25) is 0 Å². The summed E-state index contributed by atoms with van der Waals surface area (Å²) in [6, 6.07) is 0. The molecule has 0 fully saturated rings. The molecule has 0 atom stereocenters. The fraction of sp³-hybridized carbons (Fsp3) is 0.611. The number of aldehydes is 1. The zero-order valence-corrected chi connectivity index (χ0v) is 12.5. The quantitative estimate of drug-likeness (QED) is 0.234. The van der Waals surface area contributed by atoms with Crippen LogP contribution in [-0.2, 0) is 4.79 Å². The molecule has 0 aliphatic carbocycles. The molecule has 0 heterocycles. The number of hydrogen-bond donors (Lipinski definition) is 0. The zero-order valence-electron chi connectivity index (χ0n) is 12.5. The number of hydrogen-bond acceptors (Lipinski definition) is 1. The molecular weight excluding hydrogens is 232 g/mol. The third kappa shape index (κ3) is 16.9. The van der Waals surface area contributed by atoms with Gasteiger partial charge in [0.1, 0.15) is 6.29 Å². The van der Waals surface area contributed by atoms with Crippen LogP contribution in [0.4, 0.5) is 0 Å². The summed E-state index contributed by atoms with van der Waals surface area (Å²) in [5.74, 6) is 0. The van der Waals surface area contributed by atoms with E-state index in [0.717, 1.165) is 38.4 Å². The van der Waals surface area contributed by atoms with Crippen molar-refractivity contribution in [3.63, 3.8) is 0 Å². The second-order valence-corrected chi connectivity index (χ2v) is 4.81. The Morgan fingerprint density at radius 2 is 1.16 bits per heavy atom. The van der Waals surface area contributed by atoms with E-state index >= 15 is 0 Å². The molecular formula is C18H30O. The largest absolute Gasteiger partial charge is 0.303 e. The van der Waals surface area contributed by atoms with Crippen LogP contribution >= 0.6 is 0 Å². The molecule has 19 heavy (non-hydrogen) atoms. The van der Waals surface area contributed by atoms with Crippen molar-refractivity contribution in [2.24, 2.45) is 0 Å². The van der Waals surface area contributed by atoms with Gasteiger partial charge in [0.25, 0.3) is 0 Å². The van der Waals surface area contributed by atoms with Gasteiger partial charge in [0.15, 0.2) is 0 Å². The van der Waals surface area contributed by atoms with E-state index < -0.39 is 0 Å². The van der Waals surface area contributed by atoms with Gasteiger partial charge in [-0.3, -0.25) is 0 Å². The van der Waals surface area contributed by atoms with Crippen molar-refractivity contribution in [3.05, 3.63) is 36.5 Å². The summed E-state index contributed by atoms with van der Waals surface area (Å²) in [5, 5.41) is 0. The second kappa shape index (κ2) is 16.9. The highest BCUT2D eigenvalue weighted by molar-refractivity contribution is 5.48. The van der Waals surface area contributed by atoms with E-state index in [0.29, 0.717) is 0 Å². The summed E-state index contributed by atoms with van der Waals surface area (Å²) in [4.78, 5) is 10.1. The van der Waals surface area contributed by atoms with Crippen LogP contribution in [-0.4, -0.2) is 6.29 Å². The van der Waals surface area contributed by atoms with E-state index in [1.54, 1.807) is 0 Å². The van der Waals surface area contributed by atoms with Gasteiger partial charge in [-0.15, -0.1) is 0 Å². The molecule has 1 heteroatoms. The summed E-state index contributed by atoms with van der Waals surface area (Å²) in [6.45, 7) is 2.16. The van der Waals surface area contributed by atoms with E-state index in [2.05, 4.69) is 43.4 Å². The van der Waals surface area contributed by atoms with Crippen molar-refractivity contribution >= 4 is 6.29 Å². The molecule has 0 saturated carbocycles. The number of carbonyl (C=O) groups is 1. The summed E-state index contributed by atoms with van der Waals surface area (Å²) >= 11 is 0. The maximum atomic E-state index is 10.1. The van der Waals surface area contributed by atoms with Crippen LogP contribution in [0.1, 0.15) is 71.1 Å². The Morgan fingerprint density at radius 3 is 1.79 bits per heavy atom. The van der Waals surface area contributed by atoms with E-state index in [9.17, 15) is 4.79 Å². The van der Waals surface area contributed by atoms with Gasteiger partial charge < -0.3 is 4.79 Å². The van der Waals surface area contributed by atoms with Crippen molar-refractivity contribution in [3.8, 4) is 0 Å². The number of allylic oxidation sites excluding steroid dienone is 6. The molecule has 0 unspecified atom stereocenters. The summed E-state index contributed by atoms with van der Waals surface area (Å²) < 4.78 is 0. The van der Waals surface area contributed by atoms with Crippen LogP contribution in [0.3, 0.4) is 0 Å². The number of unbranched alkanes of at least 4 members (excludes halogenated alkanes) is 6. The van der Waals surface area contributed by atoms with Gasteiger partial charge in [-0.2, -0.15) is 0 Å². The van der Waals surface area contributed by atoms with E-state index in [1.807, 2.05) is 0 Å². The third-order valence-corrected chi connectivity index (χ3v) is 2.97. The highest BCUT2D eigenvalue weighted by atomic mass is 16.1. The average Bonchev–Trinajstić information content (AvgIpc) is 2.43. The Labute approximate surface area is 119 Å². The Morgan fingerprint density at radius 1 is 0.632 bits per heavy atom. The van der Waals surface area contributed by atoms with Gasteiger partial charge in [-0.05, 0) is 38.5 Å². The molecule has 1 nitrogen and oxygen atoms in total. The zero-order chi connectivity index (χ0) is 14.0. The minimum atomic E-state index is 0.736. The first-order valence-electron chi connectivity index (χ1n) is 7.80. The summed E-state index contributed by atoms with van der Waals surface area (Å²) in [7, 11) is 0. The maximum Gasteiger partial charge on any atom is 0.119 e. The fourth-order valence-electron chi connectivity index (χ4n) is 1.85. The maximum absolute atomic E-state index is 10.1. The smallest absolute Gasteiger partial charge is 0.119 e. The predicted octanol–water partition coefficient (Wildman–Crippen LogP) is 5.77. The first kappa shape index (κ1) is 17.9. The van der Waals surface area contributed by atoms with Crippen LogP contribution in [0, 0.1) is 0 Å². The molecule has 0 radical (unpaired) electrons. The van der Waals surface area contributed by atoms with Crippen LogP contribution in [0.25, 0.3) is 0 Å². The van der Waals surface area contributed by atoms with Crippen molar-refractivity contribution in [1.82, 2.24) is 0 Å². The molecule has 0 spiro atoms. The molecule has 0 aromatic heterocycles. The molecule has 108 valence electrons. The lowest BCUT2D eigenvalue weighted by molar-refractivity contribution is -0.107. The van der Waals surface area contributed by atoms with Gasteiger partial charge >= 0.3 is 0 Å². The van der Waals surface area contributed by atoms with Crippen LogP contribution in [0.2, 0.25) is 0 Å². The van der Waals surface area contributed by atoms with Crippen molar-refractivity contribution in [1.29, 1.82) is 0 Å². The Bertz CT molecular complexity index is 261. The predicted molar refractivity (Wildman–Crippen MR) is 85.3 cm³/mol. The fourth-order valence-corrected chi connectivity index (χ4v) is 1.85. The van der Waals surface area contributed by atoms with Gasteiger partial charge in [0, 0.05) is 6.42 Å². The molecule has 0 aliphatic rings. The molecule has 0 aromatic rings. The molecule has 0 bridgehead atoms. The van der Waals surface area contributed by atoms with Gasteiger partial charge in [-0.1, -0.05) is 62.6 Å². The monoisotopic (exact) mass is 262 g/mol. The van der Waals surface area contributed by atoms with Crippen molar-refractivity contribution < 1.29 is 4.79 Å². The first-order valence-corrected chi connectivity index (χ1v) is 7.80. The molecule has 0 aliphatic heterocycles. The Balaban J connectivity index is 3.21. The normalized spacial score (nSPS) is 12.1. The number of rotatable bonds is 13.